The molecule has 1 aliphatic rings. The van der Waals surface area contributed by atoms with E-state index in [1.54, 1.807) is 0 Å². The highest BCUT2D eigenvalue weighted by atomic mass is 32.2. The highest BCUT2D eigenvalue weighted by Crippen LogP contribution is 2.30. The predicted octanol–water partition coefficient (Wildman–Crippen LogP) is 3.53. The van der Waals surface area contributed by atoms with E-state index in [0.717, 1.165) is 11.3 Å². The van der Waals surface area contributed by atoms with E-state index in [4.69, 9.17) is 0 Å². The zero-order valence-electron chi connectivity index (χ0n) is 15.1. The van der Waals surface area contributed by atoms with Crippen LogP contribution in [0.15, 0.2) is 48.5 Å². The minimum absolute atomic E-state index is 0.0626. The van der Waals surface area contributed by atoms with Crippen molar-refractivity contribution in [3.05, 3.63) is 59.7 Å². The van der Waals surface area contributed by atoms with Crippen LogP contribution in [0.5, 0.6) is 0 Å². The summed E-state index contributed by atoms with van der Waals surface area (Å²) in [7, 11) is -3.51. The molecular weight excluding hydrogens is 348 g/mol. The van der Waals surface area contributed by atoms with Gasteiger partial charge in [0.2, 0.25) is 15.9 Å². The van der Waals surface area contributed by atoms with Gasteiger partial charge in [0.15, 0.2) is 0 Å². The lowest BCUT2D eigenvalue weighted by molar-refractivity contribution is -0.115. The molecule has 2 aromatic carbocycles. The minimum atomic E-state index is -3.51. The maximum atomic E-state index is 12.6. The number of hydrogen-bond donors (Lipinski definition) is 1. The summed E-state index contributed by atoms with van der Waals surface area (Å²) in [5.41, 5.74) is 3.64. The Morgan fingerprint density at radius 1 is 1.12 bits per heavy atom. The molecule has 0 bridgehead atoms. The van der Waals surface area contributed by atoms with Gasteiger partial charge in [-0.1, -0.05) is 44.2 Å². The van der Waals surface area contributed by atoms with Crippen LogP contribution in [0.25, 0.3) is 0 Å². The van der Waals surface area contributed by atoms with E-state index < -0.39 is 10.0 Å². The standard InChI is InChI=1S/C20H24N2O3S/c1-15(2)16-7-9-18(10-8-16)21-20(23)12-14-26(24,25)22-13-11-17-5-3-4-6-19(17)22/h3-10,15H,11-14H2,1-2H3,(H,21,23). The number of para-hydroxylation sites is 1. The van der Waals surface area contributed by atoms with Crippen LogP contribution < -0.4 is 9.62 Å². The average molecular weight is 372 g/mol. The van der Waals surface area contributed by atoms with Gasteiger partial charge in [0.1, 0.15) is 0 Å². The SMILES string of the molecule is CC(C)c1ccc(NC(=O)CCS(=O)(=O)N2CCc3ccccc32)cc1. The second-order valence-electron chi connectivity index (χ2n) is 6.84. The van der Waals surface area contributed by atoms with Crippen molar-refractivity contribution in [2.75, 3.05) is 21.9 Å². The molecule has 0 fully saturated rings. The van der Waals surface area contributed by atoms with Gasteiger partial charge in [-0.3, -0.25) is 9.10 Å². The van der Waals surface area contributed by atoms with E-state index in [1.165, 1.54) is 9.87 Å². The van der Waals surface area contributed by atoms with Crippen LogP contribution >= 0.6 is 0 Å². The van der Waals surface area contributed by atoms with Crippen molar-refractivity contribution >= 4 is 27.3 Å². The molecular formula is C20H24N2O3S. The van der Waals surface area contributed by atoms with Crippen molar-refractivity contribution in [3.63, 3.8) is 0 Å². The lowest BCUT2D eigenvalue weighted by atomic mass is 10.0. The lowest BCUT2D eigenvalue weighted by Crippen LogP contribution is -2.32. The van der Waals surface area contributed by atoms with Crippen LogP contribution in [0.3, 0.4) is 0 Å². The molecule has 138 valence electrons. The third-order valence-electron chi connectivity index (χ3n) is 4.63. The Labute approximate surface area is 155 Å². The third-order valence-corrected chi connectivity index (χ3v) is 6.40. The van der Waals surface area contributed by atoms with E-state index in [1.807, 2.05) is 48.5 Å². The Hall–Kier alpha value is -2.34. The first-order valence-corrected chi connectivity index (χ1v) is 10.5. The van der Waals surface area contributed by atoms with E-state index in [0.29, 0.717) is 24.6 Å². The van der Waals surface area contributed by atoms with Crippen LogP contribution in [0.1, 0.15) is 37.3 Å². The van der Waals surface area contributed by atoms with Crippen LogP contribution in [0, 0.1) is 0 Å². The predicted molar refractivity (Wildman–Crippen MR) is 105 cm³/mol. The molecule has 1 N–H and O–H groups in total. The summed E-state index contributed by atoms with van der Waals surface area (Å²) in [4.78, 5) is 12.1. The number of nitrogens with one attached hydrogen (secondary N) is 1. The molecule has 3 rings (SSSR count). The van der Waals surface area contributed by atoms with Gasteiger partial charge >= 0.3 is 0 Å². The first-order valence-electron chi connectivity index (χ1n) is 8.85. The maximum absolute atomic E-state index is 12.6. The fraction of sp³-hybridized carbons (Fsp3) is 0.350. The summed E-state index contributed by atoms with van der Waals surface area (Å²) in [6, 6.07) is 15.1. The van der Waals surface area contributed by atoms with Crippen LogP contribution in [-0.2, 0) is 21.2 Å². The largest absolute Gasteiger partial charge is 0.326 e. The zero-order valence-corrected chi connectivity index (χ0v) is 15.9. The average Bonchev–Trinajstić information content (AvgIpc) is 3.05. The number of benzene rings is 2. The molecule has 6 heteroatoms. The Kier molecular flexibility index (Phi) is 5.32. The minimum Gasteiger partial charge on any atom is -0.326 e. The van der Waals surface area contributed by atoms with Gasteiger partial charge in [-0.2, -0.15) is 0 Å². The first kappa shape index (κ1) is 18.5. The summed E-state index contributed by atoms with van der Waals surface area (Å²) in [5.74, 6) is -0.0661. The molecule has 0 aromatic heterocycles. The van der Waals surface area contributed by atoms with Crippen molar-refractivity contribution in [1.82, 2.24) is 0 Å². The maximum Gasteiger partial charge on any atom is 0.235 e. The van der Waals surface area contributed by atoms with Gasteiger partial charge in [0, 0.05) is 18.7 Å². The molecule has 2 aromatic rings. The number of sulfonamides is 1. The normalized spacial score (nSPS) is 13.7. The number of amides is 1. The summed E-state index contributed by atoms with van der Waals surface area (Å²) in [6.45, 7) is 4.66. The van der Waals surface area contributed by atoms with Crippen molar-refractivity contribution in [1.29, 1.82) is 0 Å². The third kappa shape index (κ3) is 4.07. The quantitative estimate of drug-likeness (QED) is 0.843. The molecule has 0 atom stereocenters. The van der Waals surface area contributed by atoms with Crippen LogP contribution in [0.2, 0.25) is 0 Å². The van der Waals surface area contributed by atoms with Crippen LogP contribution in [-0.4, -0.2) is 26.6 Å². The Morgan fingerprint density at radius 2 is 1.81 bits per heavy atom. The highest BCUT2D eigenvalue weighted by molar-refractivity contribution is 7.92. The Bertz CT molecular complexity index is 890. The molecule has 0 spiro atoms. The van der Waals surface area contributed by atoms with E-state index in [2.05, 4.69) is 19.2 Å². The van der Waals surface area contributed by atoms with Crippen molar-refractivity contribution in [2.24, 2.45) is 0 Å². The second kappa shape index (κ2) is 7.50. The highest BCUT2D eigenvalue weighted by Gasteiger charge is 2.29. The summed E-state index contributed by atoms with van der Waals surface area (Å²) < 4.78 is 26.7. The lowest BCUT2D eigenvalue weighted by Gasteiger charge is -2.19. The number of anilines is 2. The molecule has 0 saturated heterocycles. The molecule has 0 saturated carbocycles. The van der Waals surface area contributed by atoms with Gasteiger partial charge in [-0.15, -0.1) is 0 Å². The van der Waals surface area contributed by atoms with E-state index >= 15 is 0 Å². The molecule has 1 aliphatic heterocycles. The molecule has 0 aliphatic carbocycles. The number of fused-ring (bicyclic) bond motifs is 1. The number of hydrogen-bond acceptors (Lipinski definition) is 3. The van der Waals surface area contributed by atoms with E-state index in [9.17, 15) is 13.2 Å². The topological polar surface area (TPSA) is 66.5 Å². The summed E-state index contributed by atoms with van der Waals surface area (Å²) in [5, 5.41) is 2.77. The number of nitrogens with zero attached hydrogens (tertiary/aromatic N) is 1. The summed E-state index contributed by atoms with van der Waals surface area (Å²) in [6.07, 6.45) is 0.650. The van der Waals surface area contributed by atoms with E-state index in [-0.39, 0.29) is 18.1 Å². The molecule has 1 heterocycles. The summed E-state index contributed by atoms with van der Waals surface area (Å²) >= 11 is 0. The first-order chi connectivity index (χ1) is 12.4. The number of rotatable bonds is 6. The molecule has 5 nitrogen and oxygen atoms in total. The molecule has 0 radical (unpaired) electrons. The fourth-order valence-corrected chi connectivity index (χ4v) is 4.61. The number of carbonyl (C=O) groups excluding carboxylic acids is 1. The Balaban J connectivity index is 1.59. The van der Waals surface area contributed by atoms with Crippen LogP contribution in [0.4, 0.5) is 11.4 Å². The molecule has 0 unspecified atom stereocenters. The Morgan fingerprint density at radius 3 is 2.50 bits per heavy atom. The second-order valence-corrected chi connectivity index (χ2v) is 8.85. The monoisotopic (exact) mass is 372 g/mol. The zero-order chi connectivity index (χ0) is 18.7. The van der Waals surface area contributed by atoms with Crippen molar-refractivity contribution in [3.8, 4) is 0 Å². The smallest absolute Gasteiger partial charge is 0.235 e. The van der Waals surface area contributed by atoms with Gasteiger partial charge in [-0.05, 0) is 41.7 Å². The van der Waals surface area contributed by atoms with Gasteiger partial charge in [0.05, 0.1) is 11.4 Å². The number of carbonyl (C=O) groups is 1. The van der Waals surface area contributed by atoms with Gasteiger partial charge in [-0.25, -0.2) is 8.42 Å². The van der Waals surface area contributed by atoms with Gasteiger partial charge < -0.3 is 5.32 Å². The van der Waals surface area contributed by atoms with Crippen molar-refractivity contribution in [2.45, 2.75) is 32.6 Å². The molecule has 26 heavy (non-hydrogen) atoms. The van der Waals surface area contributed by atoms with Gasteiger partial charge in [0.25, 0.3) is 0 Å². The fourth-order valence-electron chi connectivity index (χ4n) is 3.10. The van der Waals surface area contributed by atoms with Crippen molar-refractivity contribution < 1.29 is 13.2 Å². The molecule has 1 amide bonds.